The Hall–Kier alpha value is -3.22. The summed E-state index contributed by atoms with van der Waals surface area (Å²) in [6.45, 7) is 2.79. The second-order valence-electron chi connectivity index (χ2n) is 5.18. The van der Waals surface area contributed by atoms with Gasteiger partial charge in [0.05, 0.1) is 4.92 Å². The standard InChI is InChI=1S/C17H16N2O5/c1-11-8-15(6-7-16(11)19(22)23)24-10-17(21)18-14-5-3-4-13(9-14)12(2)20/h3-9H,10H2,1-2H3,(H,18,21). The molecule has 2 rings (SSSR count). The van der Waals surface area contributed by atoms with Gasteiger partial charge in [-0.15, -0.1) is 0 Å². The molecule has 0 spiro atoms. The van der Waals surface area contributed by atoms with Crippen LogP contribution in [0, 0.1) is 17.0 Å². The number of nitrogens with one attached hydrogen (secondary N) is 1. The largest absolute Gasteiger partial charge is 0.484 e. The molecule has 0 fully saturated rings. The van der Waals surface area contributed by atoms with Crippen molar-refractivity contribution >= 4 is 23.1 Å². The van der Waals surface area contributed by atoms with Gasteiger partial charge in [-0.25, -0.2) is 0 Å². The molecule has 1 amide bonds. The van der Waals surface area contributed by atoms with Gasteiger partial charge in [0.25, 0.3) is 11.6 Å². The van der Waals surface area contributed by atoms with Crippen LogP contribution in [-0.4, -0.2) is 23.2 Å². The number of anilines is 1. The highest BCUT2D eigenvalue weighted by molar-refractivity contribution is 5.97. The molecule has 0 bridgehead atoms. The first-order valence-corrected chi connectivity index (χ1v) is 7.15. The fourth-order valence-electron chi connectivity index (χ4n) is 2.08. The number of Topliss-reactive ketones (excluding diaryl/α,β-unsaturated/α-hetero) is 1. The van der Waals surface area contributed by atoms with Crippen molar-refractivity contribution in [1.29, 1.82) is 0 Å². The van der Waals surface area contributed by atoms with Crippen molar-refractivity contribution in [3.63, 3.8) is 0 Å². The van der Waals surface area contributed by atoms with Crippen LogP contribution in [0.25, 0.3) is 0 Å². The van der Waals surface area contributed by atoms with Crippen molar-refractivity contribution < 1.29 is 19.2 Å². The molecule has 0 saturated carbocycles. The fourth-order valence-corrected chi connectivity index (χ4v) is 2.08. The third-order valence-corrected chi connectivity index (χ3v) is 3.29. The van der Waals surface area contributed by atoms with Crippen LogP contribution < -0.4 is 10.1 Å². The topological polar surface area (TPSA) is 98.5 Å². The third kappa shape index (κ3) is 4.39. The summed E-state index contributed by atoms with van der Waals surface area (Å²) < 4.78 is 5.33. The zero-order valence-corrected chi connectivity index (χ0v) is 13.2. The van der Waals surface area contributed by atoms with Crippen LogP contribution in [0.1, 0.15) is 22.8 Å². The molecule has 2 aromatic carbocycles. The number of nitro benzene ring substituents is 1. The van der Waals surface area contributed by atoms with Crippen molar-refractivity contribution in [2.24, 2.45) is 0 Å². The lowest BCUT2D eigenvalue weighted by Crippen LogP contribution is -2.20. The summed E-state index contributed by atoms with van der Waals surface area (Å²) >= 11 is 0. The SMILES string of the molecule is CC(=O)c1cccc(NC(=O)COc2ccc([N+](=O)[O-])c(C)c2)c1. The number of hydrogen-bond acceptors (Lipinski definition) is 5. The number of carbonyl (C=O) groups is 2. The van der Waals surface area contributed by atoms with Crippen LogP contribution in [0.15, 0.2) is 42.5 Å². The maximum Gasteiger partial charge on any atom is 0.272 e. The van der Waals surface area contributed by atoms with Crippen LogP contribution in [0.2, 0.25) is 0 Å². The van der Waals surface area contributed by atoms with Crippen molar-refractivity contribution in [3.8, 4) is 5.75 Å². The molecule has 24 heavy (non-hydrogen) atoms. The molecule has 124 valence electrons. The van der Waals surface area contributed by atoms with Crippen molar-refractivity contribution in [3.05, 3.63) is 63.7 Å². The number of amides is 1. The molecule has 0 radical (unpaired) electrons. The van der Waals surface area contributed by atoms with Gasteiger partial charge in [0.15, 0.2) is 12.4 Å². The normalized spacial score (nSPS) is 10.1. The Bertz CT molecular complexity index is 801. The quantitative estimate of drug-likeness (QED) is 0.499. The predicted octanol–water partition coefficient (Wildman–Crippen LogP) is 3.12. The molecular formula is C17H16N2O5. The van der Waals surface area contributed by atoms with Gasteiger partial charge < -0.3 is 10.1 Å². The Morgan fingerprint density at radius 3 is 2.58 bits per heavy atom. The lowest BCUT2D eigenvalue weighted by Gasteiger charge is -2.09. The van der Waals surface area contributed by atoms with E-state index in [9.17, 15) is 19.7 Å². The molecule has 0 aliphatic rings. The lowest BCUT2D eigenvalue weighted by molar-refractivity contribution is -0.385. The second-order valence-corrected chi connectivity index (χ2v) is 5.18. The van der Waals surface area contributed by atoms with Crippen LogP contribution in [0.4, 0.5) is 11.4 Å². The van der Waals surface area contributed by atoms with Gasteiger partial charge in [-0.2, -0.15) is 0 Å². The van der Waals surface area contributed by atoms with Crippen molar-refractivity contribution in [1.82, 2.24) is 0 Å². The molecule has 0 unspecified atom stereocenters. The number of ketones is 1. The highest BCUT2D eigenvalue weighted by Gasteiger charge is 2.11. The van der Waals surface area contributed by atoms with E-state index in [4.69, 9.17) is 4.74 Å². The number of nitro groups is 1. The predicted molar refractivity (Wildman–Crippen MR) is 88.4 cm³/mol. The minimum Gasteiger partial charge on any atom is -0.484 e. The number of rotatable bonds is 6. The molecule has 1 N–H and O–H groups in total. The maximum absolute atomic E-state index is 11.9. The molecule has 0 heterocycles. The maximum atomic E-state index is 11.9. The van der Waals surface area contributed by atoms with E-state index < -0.39 is 10.8 Å². The average molecular weight is 328 g/mol. The van der Waals surface area contributed by atoms with Crippen molar-refractivity contribution in [2.45, 2.75) is 13.8 Å². The van der Waals surface area contributed by atoms with Gasteiger partial charge in [0.2, 0.25) is 0 Å². The average Bonchev–Trinajstić information content (AvgIpc) is 2.53. The summed E-state index contributed by atoms with van der Waals surface area (Å²) in [6.07, 6.45) is 0. The van der Waals surface area contributed by atoms with Gasteiger partial charge >= 0.3 is 0 Å². The van der Waals surface area contributed by atoms with E-state index in [0.29, 0.717) is 22.6 Å². The molecule has 7 nitrogen and oxygen atoms in total. The molecular weight excluding hydrogens is 312 g/mol. The summed E-state index contributed by atoms with van der Waals surface area (Å²) in [5.74, 6) is -0.124. The minimum atomic E-state index is -0.478. The first kappa shape index (κ1) is 17.1. The van der Waals surface area contributed by atoms with E-state index in [1.807, 2.05) is 0 Å². The van der Waals surface area contributed by atoms with Crippen LogP contribution in [0.3, 0.4) is 0 Å². The fraction of sp³-hybridized carbons (Fsp3) is 0.176. The smallest absolute Gasteiger partial charge is 0.272 e. The van der Waals surface area contributed by atoms with Gasteiger partial charge in [-0.05, 0) is 38.1 Å². The Morgan fingerprint density at radius 1 is 1.21 bits per heavy atom. The monoisotopic (exact) mass is 328 g/mol. The molecule has 2 aromatic rings. The highest BCUT2D eigenvalue weighted by atomic mass is 16.6. The van der Waals surface area contributed by atoms with Gasteiger partial charge in [0, 0.05) is 22.9 Å². The Kier molecular flexibility index (Phi) is 5.26. The lowest BCUT2D eigenvalue weighted by atomic mass is 10.1. The second kappa shape index (κ2) is 7.36. The summed E-state index contributed by atoms with van der Waals surface area (Å²) in [5, 5.41) is 13.4. The van der Waals surface area contributed by atoms with Crippen LogP contribution in [0.5, 0.6) is 5.75 Å². The first-order valence-electron chi connectivity index (χ1n) is 7.15. The number of ether oxygens (including phenoxy) is 1. The van der Waals surface area contributed by atoms with Crippen LogP contribution >= 0.6 is 0 Å². The Labute approximate surface area is 138 Å². The van der Waals surface area contributed by atoms with Crippen LogP contribution in [-0.2, 0) is 4.79 Å². The van der Waals surface area contributed by atoms with E-state index in [1.165, 1.54) is 25.1 Å². The summed E-state index contributed by atoms with van der Waals surface area (Å²) in [4.78, 5) is 33.5. The Balaban J connectivity index is 1.96. The zero-order valence-electron chi connectivity index (χ0n) is 13.2. The summed E-state index contributed by atoms with van der Waals surface area (Å²) in [7, 11) is 0. The van der Waals surface area contributed by atoms with E-state index >= 15 is 0 Å². The highest BCUT2D eigenvalue weighted by Crippen LogP contribution is 2.23. The zero-order chi connectivity index (χ0) is 17.7. The van der Waals surface area contributed by atoms with E-state index in [-0.39, 0.29) is 18.1 Å². The molecule has 0 aliphatic carbocycles. The summed E-state index contributed by atoms with van der Waals surface area (Å²) in [5.41, 5.74) is 1.44. The number of aryl methyl sites for hydroxylation is 1. The number of nitrogens with zero attached hydrogens (tertiary/aromatic N) is 1. The molecule has 0 atom stereocenters. The summed E-state index contributed by atoms with van der Waals surface area (Å²) in [6, 6.07) is 10.9. The van der Waals surface area contributed by atoms with Crippen molar-refractivity contribution in [2.75, 3.05) is 11.9 Å². The Morgan fingerprint density at radius 2 is 1.96 bits per heavy atom. The van der Waals surface area contributed by atoms with E-state index in [2.05, 4.69) is 5.32 Å². The van der Waals surface area contributed by atoms with Gasteiger partial charge in [-0.1, -0.05) is 12.1 Å². The van der Waals surface area contributed by atoms with E-state index in [1.54, 1.807) is 31.2 Å². The molecule has 0 aromatic heterocycles. The number of carbonyl (C=O) groups excluding carboxylic acids is 2. The van der Waals surface area contributed by atoms with Gasteiger partial charge in [-0.3, -0.25) is 19.7 Å². The van der Waals surface area contributed by atoms with E-state index in [0.717, 1.165) is 0 Å². The first-order chi connectivity index (χ1) is 11.4. The molecule has 7 heteroatoms. The molecule has 0 aliphatic heterocycles. The van der Waals surface area contributed by atoms with Gasteiger partial charge in [0.1, 0.15) is 5.75 Å². The number of hydrogen-bond donors (Lipinski definition) is 1. The number of benzene rings is 2. The minimum absolute atomic E-state index is 0.00662. The third-order valence-electron chi connectivity index (χ3n) is 3.29. The molecule has 0 saturated heterocycles.